The summed E-state index contributed by atoms with van der Waals surface area (Å²) in [4.78, 5) is 26.3. The van der Waals surface area contributed by atoms with Crippen molar-refractivity contribution in [3.05, 3.63) is 74.2 Å². The van der Waals surface area contributed by atoms with Crippen molar-refractivity contribution in [2.24, 2.45) is 5.73 Å². The normalized spacial score (nSPS) is 18.1. The average Bonchev–Trinajstić information content (AvgIpc) is 2.95. The summed E-state index contributed by atoms with van der Waals surface area (Å²) in [6.07, 6.45) is 0.298. The molecule has 8 heteroatoms. The lowest BCUT2D eigenvalue weighted by Gasteiger charge is -2.18. The highest BCUT2D eigenvalue weighted by atomic mass is 35.5. The quantitative estimate of drug-likeness (QED) is 0.579. The first kappa shape index (κ1) is 20.3. The number of nitrogens with two attached hydrogens (primary N) is 1. The monoisotopic (exact) mass is 431 g/mol. The third kappa shape index (κ3) is 4.02. The molecular formula is C20H15Cl2N3O2S. The summed E-state index contributed by atoms with van der Waals surface area (Å²) in [6, 6.07) is 14.1. The number of anilines is 1. The molecular weight excluding hydrogens is 417 g/mol. The predicted octanol–water partition coefficient (Wildman–Crippen LogP) is 4.21. The van der Waals surface area contributed by atoms with E-state index < -0.39 is 11.2 Å². The van der Waals surface area contributed by atoms with Gasteiger partial charge in [0.1, 0.15) is 16.7 Å². The van der Waals surface area contributed by atoms with E-state index in [2.05, 4.69) is 0 Å². The van der Waals surface area contributed by atoms with Crippen LogP contribution >= 0.6 is 35.0 Å². The van der Waals surface area contributed by atoms with Crippen LogP contribution in [0, 0.1) is 18.3 Å². The zero-order valence-electron chi connectivity index (χ0n) is 14.8. The Kier molecular flexibility index (Phi) is 5.99. The van der Waals surface area contributed by atoms with E-state index in [1.165, 1.54) is 4.90 Å². The number of halogens is 2. The average molecular weight is 432 g/mol. The Morgan fingerprint density at radius 2 is 1.93 bits per heavy atom. The van der Waals surface area contributed by atoms with Crippen LogP contribution in [-0.2, 0) is 16.0 Å². The first-order valence-corrected chi connectivity index (χ1v) is 9.90. The van der Waals surface area contributed by atoms with Gasteiger partial charge in [0.2, 0.25) is 5.91 Å². The van der Waals surface area contributed by atoms with E-state index in [-0.39, 0.29) is 16.5 Å². The zero-order chi connectivity index (χ0) is 20.4. The fourth-order valence-electron chi connectivity index (χ4n) is 2.83. The standard InChI is InChI=1S/C20H15Cl2N3O2S/c1-11-2-5-14(6-3-11)25-19(27)17(28-20(25)15(10-23)18(24)26)9-12-8-13(21)4-7-16(12)22/h2-8,17H,9H2,1H3,(H2,24,26)/b20-15-. The first-order chi connectivity index (χ1) is 13.3. The zero-order valence-corrected chi connectivity index (χ0v) is 17.1. The van der Waals surface area contributed by atoms with Gasteiger partial charge in [0.15, 0.2) is 0 Å². The number of thioether (sulfide) groups is 1. The number of carbonyl (C=O) groups is 2. The maximum atomic E-state index is 13.2. The number of amides is 2. The Morgan fingerprint density at radius 3 is 2.54 bits per heavy atom. The van der Waals surface area contributed by atoms with E-state index in [4.69, 9.17) is 28.9 Å². The van der Waals surface area contributed by atoms with E-state index in [0.717, 1.165) is 17.3 Å². The van der Waals surface area contributed by atoms with Crippen LogP contribution in [0.1, 0.15) is 11.1 Å². The summed E-state index contributed by atoms with van der Waals surface area (Å²) in [5, 5.41) is 10.1. The molecule has 0 aliphatic carbocycles. The fourth-order valence-corrected chi connectivity index (χ4v) is 4.52. The molecule has 2 N–H and O–H groups in total. The Morgan fingerprint density at radius 1 is 1.25 bits per heavy atom. The van der Waals surface area contributed by atoms with Crippen molar-refractivity contribution < 1.29 is 9.59 Å². The van der Waals surface area contributed by atoms with Crippen molar-refractivity contribution in [1.82, 2.24) is 0 Å². The third-order valence-corrected chi connectivity index (χ3v) is 6.10. The lowest BCUT2D eigenvalue weighted by Crippen LogP contribution is -2.31. The van der Waals surface area contributed by atoms with Crippen LogP contribution in [0.15, 0.2) is 53.1 Å². The molecule has 0 saturated carbocycles. The first-order valence-electron chi connectivity index (χ1n) is 8.27. The van der Waals surface area contributed by atoms with E-state index in [9.17, 15) is 14.9 Å². The van der Waals surface area contributed by atoms with Crippen LogP contribution in [0.2, 0.25) is 10.0 Å². The highest BCUT2D eigenvalue weighted by Gasteiger charge is 2.40. The van der Waals surface area contributed by atoms with Crippen LogP contribution in [0.4, 0.5) is 5.69 Å². The number of carbonyl (C=O) groups excluding carboxylic acids is 2. The molecule has 0 aromatic heterocycles. The van der Waals surface area contributed by atoms with Gasteiger partial charge in [-0.1, -0.05) is 52.7 Å². The van der Waals surface area contributed by atoms with Crippen molar-refractivity contribution in [3.63, 3.8) is 0 Å². The lowest BCUT2D eigenvalue weighted by atomic mass is 10.1. The number of benzene rings is 2. The molecule has 1 saturated heterocycles. The van der Waals surface area contributed by atoms with Crippen molar-refractivity contribution in [2.45, 2.75) is 18.6 Å². The van der Waals surface area contributed by atoms with E-state index in [1.54, 1.807) is 30.3 Å². The summed E-state index contributed by atoms with van der Waals surface area (Å²) >= 11 is 13.4. The largest absolute Gasteiger partial charge is 0.365 e. The van der Waals surface area contributed by atoms with Gasteiger partial charge in [0.05, 0.1) is 5.25 Å². The number of hydrogen-bond acceptors (Lipinski definition) is 4. The third-order valence-electron chi connectivity index (χ3n) is 4.23. The minimum atomic E-state index is -0.878. The van der Waals surface area contributed by atoms with Crippen molar-refractivity contribution in [1.29, 1.82) is 5.26 Å². The van der Waals surface area contributed by atoms with E-state index in [1.807, 2.05) is 25.1 Å². The van der Waals surface area contributed by atoms with Gasteiger partial charge in [-0.3, -0.25) is 14.5 Å². The summed E-state index contributed by atoms with van der Waals surface area (Å²) in [5.74, 6) is -1.13. The molecule has 1 heterocycles. The smallest absolute Gasteiger partial charge is 0.262 e. The molecule has 0 radical (unpaired) electrons. The number of primary amides is 1. The molecule has 5 nitrogen and oxygen atoms in total. The molecule has 1 atom stereocenters. The van der Waals surface area contributed by atoms with Gasteiger partial charge >= 0.3 is 0 Å². The van der Waals surface area contributed by atoms with Crippen molar-refractivity contribution in [3.8, 4) is 6.07 Å². The molecule has 2 aromatic rings. The Bertz CT molecular complexity index is 1030. The second-order valence-electron chi connectivity index (χ2n) is 6.21. The van der Waals surface area contributed by atoms with Gasteiger partial charge in [-0.2, -0.15) is 5.26 Å². The van der Waals surface area contributed by atoms with Gasteiger partial charge in [-0.25, -0.2) is 0 Å². The molecule has 0 bridgehead atoms. The fraction of sp³-hybridized carbons (Fsp3) is 0.150. The molecule has 0 spiro atoms. The number of hydrogen-bond donors (Lipinski definition) is 1. The summed E-state index contributed by atoms with van der Waals surface area (Å²) in [6.45, 7) is 1.93. The van der Waals surface area contributed by atoms with Gasteiger partial charge < -0.3 is 5.73 Å². The van der Waals surface area contributed by atoms with E-state index in [0.29, 0.717) is 27.7 Å². The minimum absolute atomic E-state index is 0.229. The molecule has 2 amide bonds. The summed E-state index contributed by atoms with van der Waals surface area (Å²) in [7, 11) is 0. The second-order valence-corrected chi connectivity index (χ2v) is 8.25. The lowest BCUT2D eigenvalue weighted by molar-refractivity contribution is -0.117. The summed E-state index contributed by atoms with van der Waals surface area (Å²) < 4.78 is 0. The molecule has 142 valence electrons. The van der Waals surface area contributed by atoms with Crippen LogP contribution in [0.25, 0.3) is 0 Å². The van der Waals surface area contributed by atoms with Crippen LogP contribution in [0.3, 0.4) is 0 Å². The Balaban J connectivity index is 2.05. The summed E-state index contributed by atoms with van der Waals surface area (Å²) in [5.41, 5.74) is 7.41. The molecule has 3 rings (SSSR count). The maximum absolute atomic E-state index is 13.2. The number of aryl methyl sites for hydroxylation is 1. The number of nitrogens with zero attached hydrogens (tertiary/aromatic N) is 2. The van der Waals surface area contributed by atoms with Crippen LogP contribution in [0.5, 0.6) is 0 Å². The van der Waals surface area contributed by atoms with Crippen LogP contribution < -0.4 is 10.6 Å². The van der Waals surface area contributed by atoms with Crippen molar-refractivity contribution in [2.75, 3.05) is 4.90 Å². The Labute approximate surface area is 176 Å². The predicted molar refractivity (Wildman–Crippen MR) is 112 cm³/mol. The molecule has 28 heavy (non-hydrogen) atoms. The van der Waals surface area contributed by atoms with Crippen molar-refractivity contribution >= 4 is 52.5 Å². The van der Waals surface area contributed by atoms with Crippen LogP contribution in [-0.4, -0.2) is 17.1 Å². The molecule has 1 fully saturated rings. The minimum Gasteiger partial charge on any atom is -0.365 e. The SMILES string of the molecule is Cc1ccc(N2C(=O)C(Cc3cc(Cl)ccc3Cl)S/C2=C(/C#N)C(N)=O)cc1. The molecule has 1 aliphatic rings. The molecule has 2 aromatic carbocycles. The highest BCUT2D eigenvalue weighted by molar-refractivity contribution is 8.05. The van der Waals surface area contributed by atoms with Gasteiger partial charge in [0, 0.05) is 15.7 Å². The maximum Gasteiger partial charge on any atom is 0.262 e. The van der Waals surface area contributed by atoms with Gasteiger partial charge in [-0.15, -0.1) is 0 Å². The van der Waals surface area contributed by atoms with Gasteiger partial charge in [0.25, 0.3) is 5.91 Å². The highest BCUT2D eigenvalue weighted by Crippen LogP contribution is 2.42. The second kappa shape index (κ2) is 8.27. The molecule has 1 aliphatic heterocycles. The van der Waals surface area contributed by atoms with E-state index >= 15 is 0 Å². The number of nitriles is 1. The topological polar surface area (TPSA) is 87.2 Å². The Hall–Kier alpha value is -2.46. The molecule has 1 unspecified atom stereocenters. The number of rotatable bonds is 4. The van der Waals surface area contributed by atoms with Gasteiger partial charge in [-0.05, 0) is 49.2 Å².